The highest BCUT2D eigenvalue weighted by Gasteiger charge is 2.47. The first-order valence-electron chi connectivity index (χ1n) is 14.6. The lowest BCUT2D eigenvalue weighted by Crippen LogP contribution is -2.66. The summed E-state index contributed by atoms with van der Waals surface area (Å²) in [5.74, 6) is 0.204. The van der Waals surface area contributed by atoms with Gasteiger partial charge in [-0.3, -0.25) is 19.3 Å². The van der Waals surface area contributed by atoms with E-state index < -0.39 is 24.2 Å². The molecule has 3 aliphatic heterocycles. The molecule has 6 atom stereocenters. The number of likely N-dealkylation sites (N-methyl/N-ethyl adjacent to an activating group) is 1. The third kappa shape index (κ3) is 6.07. The molecule has 1 aliphatic carbocycles. The van der Waals surface area contributed by atoms with E-state index >= 15 is 0 Å². The van der Waals surface area contributed by atoms with Crippen LogP contribution in [0.4, 0.5) is 0 Å². The van der Waals surface area contributed by atoms with Gasteiger partial charge in [-0.25, -0.2) is 0 Å². The Morgan fingerprint density at radius 2 is 1.82 bits per heavy atom. The van der Waals surface area contributed by atoms with Gasteiger partial charge in [-0.1, -0.05) is 37.5 Å². The number of ether oxygens (including phenoxy) is 1. The van der Waals surface area contributed by atoms with Crippen molar-refractivity contribution in [2.75, 3.05) is 33.3 Å². The molecule has 39 heavy (non-hydrogen) atoms. The van der Waals surface area contributed by atoms with Crippen molar-refractivity contribution in [1.82, 2.24) is 25.8 Å². The maximum Gasteiger partial charge on any atom is 0.246 e. The topological polar surface area (TPSA) is 123 Å². The second-order valence-corrected chi connectivity index (χ2v) is 11.6. The van der Waals surface area contributed by atoms with Crippen LogP contribution in [0, 0.1) is 5.92 Å². The van der Waals surface area contributed by atoms with Crippen molar-refractivity contribution in [1.29, 1.82) is 0 Å². The fraction of sp³-hybridized carbons (Fsp3) is 0.690. The molecule has 10 heteroatoms. The average Bonchev–Trinajstić information content (AvgIpc) is 3.33. The smallest absolute Gasteiger partial charge is 0.246 e. The number of hydrogen-bond donors (Lipinski definition) is 4. The van der Waals surface area contributed by atoms with E-state index in [2.05, 4.69) is 20.9 Å². The third-order valence-corrected chi connectivity index (χ3v) is 9.07. The van der Waals surface area contributed by atoms with Crippen molar-refractivity contribution >= 4 is 17.7 Å². The molecule has 0 bridgehead atoms. The normalized spacial score (nSPS) is 28.9. The molecule has 214 valence electrons. The third-order valence-electron chi connectivity index (χ3n) is 9.07. The lowest BCUT2D eigenvalue weighted by Gasteiger charge is -2.45. The lowest BCUT2D eigenvalue weighted by atomic mass is 9.82. The first kappa shape index (κ1) is 27.9. The summed E-state index contributed by atoms with van der Waals surface area (Å²) in [6.07, 6.45) is 5.70. The Morgan fingerprint density at radius 3 is 2.59 bits per heavy atom. The zero-order chi connectivity index (χ0) is 27.5. The number of fused-ring (bicyclic) bond motifs is 2. The molecule has 3 fully saturated rings. The van der Waals surface area contributed by atoms with Crippen molar-refractivity contribution in [3.8, 4) is 5.75 Å². The molecule has 3 amide bonds. The molecule has 1 aromatic carbocycles. The average molecular weight is 542 g/mol. The summed E-state index contributed by atoms with van der Waals surface area (Å²) in [5.41, 5.74) is 0.939. The fourth-order valence-corrected chi connectivity index (χ4v) is 6.71. The number of nitrogens with zero attached hydrogens (tertiary/aromatic N) is 2. The van der Waals surface area contributed by atoms with Crippen molar-refractivity contribution in [3.63, 3.8) is 0 Å². The molecule has 0 spiro atoms. The Morgan fingerprint density at radius 1 is 1.05 bits per heavy atom. The van der Waals surface area contributed by atoms with Crippen LogP contribution in [0.1, 0.15) is 63.5 Å². The second-order valence-electron chi connectivity index (χ2n) is 11.6. The molecule has 5 rings (SSSR count). The number of piperazine rings is 1. The fourth-order valence-electron chi connectivity index (χ4n) is 6.71. The Kier molecular flexibility index (Phi) is 8.73. The van der Waals surface area contributed by atoms with E-state index in [9.17, 15) is 19.5 Å². The molecule has 3 heterocycles. The van der Waals surface area contributed by atoms with Crippen LogP contribution in [-0.4, -0.2) is 96.2 Å². The number of para-hydroxylation sites is 1. The molecular weight excluding hydrogens is 498 g/mol. The van der Waals surface area contributed by atoms with E-state index in [1.807, 2.05) is 24.3 Å². The molecular formula is C29H43N5O5. The molecule has 0 aromatic heterocycles. The van der Waals surface area contributed by atoms with Crippen LogP contribution in [0.25, 0.3) is 0 Å². The zero-order valence-corrected chi connectivity index (χ0v) is 23.1. The first-order valence-corrected chi connectivity index (χ1v) is 14.6. The Balaban J connectivity index is 1.40. The molecule has 0 radical (unpaired) electrons. The highest BCUT2D eigenvalue weighted by atomic mass is 16.5. The van der Waals surface area contributed by atoms with Gasteiger partial charge >= 0.3 is 0 Å². The van der Waals surface area contributed by atoms with Gasteiger partial charge in [-0.2, -0.15) is 0 Å². The first-order chi connectivity index (χ1) is 18.9. The number of aliphatic hydroxyl groups excluding tert-OH is 1. The maximum absolute atomic E-state index is 14.3. The quantitative estimate of drug-likeness (QED) is 0.405. The van der Waals surface area contributed by atoms with Gasteiger partial charge in [-0.15, -0.1) is 0 Å². The molecule has 4 N–H and O–H groups in total. The summed E-state index contributed by atoms with van der Waals surface area (Å²) in [5, 5.41) is 19.6. The van der Waals surface area contributed by atoms with E-state index in [0.29, 0.717) is 39.1 Å². The maximum atomic E-state index is 14.3. The molecule has 1 aromatic rings. The van der Waals surface area contributed by atoms with Gasteiger partial charge in [0.25, 0.3) is 0 Å². The number of benzene rings is 1. The van der Waals surface area contributed by atoms with Crippen molar-refractivity contribution in [2.45, 2.75) is 88.2 Å². The van der Waals surface area contributed by atoms with Crippen LogP contribution < -0.4 is 20.7 Å². The minimum Gasteiger partial charge on any atom is -0.493 e. The van der Waals surface area contributed by atoms with Crippen LogP contribution in [-0.2, 0) is 14.4 Å². The van der Waals surface area contributed by atoms with Crippen LogP contribution >= 0.6 is 0 Å². The second kappa shape index (κ2) is 12.2. The molecule has 1 saturated carbocycles. The molecule has 0 unspecified atom stereocenters. The van der Waals surface area contributed by atoms with Gasteiger partial charge in [0.15, 0.2) is 0 Å². The summed E-state index contributed by atoms with van der Waals surface area (Å²) in [6.45, 7) is 3.51. The number of nitrogens with one attached hydrogen (secondary N) is 3. The number of carbonyl (C=O) groups excluding carboxylic acids is 3. The number of amides is 3. The summed E-state index contributed by atoms with van der Waals surface area (Å²) in [7, 11) is 1.72. The van der Waals surface area contributed by atoms with E-state index in [1.54, 1.807) is 18.9 Å². The van der Waals surface area contributed by atoms with Gasteiger partial charge in [0.1, 0.15) is 17.8 Å². The van der Waals surface area contributed by atoms with Crippen LogP contribution in [0.5, 0.6) is 5.75 Å². The predicted octanol–water partition coefficient (Wildman–Crippen LogP) is 0.945. The molecule has 4 aliphatic rings. The van der Waals surface area contributed by atoms with Crippen LogP contribution in [0.3, 0.4) is 0 Å². The predicted molar refractivity (Wildman–Crippen MR) is 146 cm³/mol. The number of rotatable bonds is 7. The van der Waals surface area contributed by atoms with E-state index in [-0.39, 0.29) is 35.7 Å². The zero-order valence-electron chi connectivity index (χ0n) is 23.1. The van der Waals surface area contributed by atoms with Crippen LogP contribution in [0.2, 0.25) is 0 Å². The SMILES string of the molecule is CN[C@@H](C)C(=O)N[C@H](C(=O)N1C[C@H]2C[C@@H](O)CN2C[C@H]1C(=O)N[C@H]1CCOc2ccccc21)C1CCCCC1. The number of aliphatic hydroxyl groups is 1. The number of hydrogen-bond acceptors (Lipinski definition) is 7. The Hall–Kier alpha value is -2.69. The van der Waals surface area contributed by atoms with Crippen molar-refractivity contribution < 1.29 is 24.2 Å². The minimum atomic E-state index is -0.709. The molecule has 2 saturated heterocycles. The molecule has 10 nitrogen and oxygen atoms in total. The van der Waals surface area contributed by atoms with Crippen molar-refractivity contribution in [2.24, 2.45) is 5.92 Å². The highest BCUT2D eigenvalue weighted by molar-refractivity contribution is 5.93. The largest absolute Gasteiger partial charge is 0.493 e. The lowest BCUT2D eigenvalue weighted by molar-refractivity contribution is -0.149. The standard InChI is InChI=1S/C29H43N5O5/c1-18(30-2)27(36)32-26(19-8-4-3-5-9-19)29(38)34-15-20-14-21(35)16-33(20)17-24(34)28(37)31-23-12-13-39-25-11-7-6-10-22(23)25/h6-7,10-11,18-21,23-24,26,30,35H,3-5,8-9,12-17H2,1-2H3,(H,31,37)(H,32,36)/t18-,20+,21+,23-,24-,26-/m0/s1. The summed E-state index contributed by atoms with van der Waals surface area (Å²) < 4.78 is 5.78. The minimum absolute atomic E-state index is 0.00394. The Bertz CT molecular complexity index is 1050. The van der Waals surface area contributed by atoms with Crippen molar-refractivity contribution in [3.05, 3.63) is 29.8 Å². The van der Waals surface area contributed by atoms with E-state index in [0.717, 1.165) is 43.4 Å². The highest BCUT2D eigenvalue weighted by Crippen LogP contribution is 2.33. The van der Waals surface area contributed by atoms with Gasteiger partial charge in [0.2, 0.25) is 17.7 Å². The van der Waals surface area contributed by atoms with Gasteiger partial charge in [0, 0.05) is 37.7 Å². The summed E-state index contributed by atoms with van der Waals surface area (Å²) >= 11 is 0. The van der Waals surface area contributed by atoms with Gasteiger partial charge < -0.3 is 30.7 Å². The monoisotopic (exact) mass is 541 g/mol. The van der Waals surface area contributed by atoms with E-state index in [1.165, 1.54) is 0 Å². The summed E-state index contributed by atoms with van der Waals surface area (Å²) in [4.78, 5) is 45.0. The van der Waals surface area contributed by atoms with Crippen LogP contribution in [0.15, 0.2) is 24.3 Å². The van der Waals surface area contributed by atoms with Gasteiger partial charge in [0.05, 0.1) is 24.8 Å². The Labute approximate surface area is 230 Å². The summed E-state index contributed by atoms with van der Waals surface area (Å²) in [6, 6.07) is 5.70. The van der Waals surface area contributed by atoms with Gasteiger partial charge in [-0.05, 0) is 45.2 Å². The van der Waals surface area contributed by atoms with E-state index in [4.69, 9.17) is 4.74 Å². The number of carbonyl (C=O) groups is 3.